The maximum absolute atomic E-state index is 14.1. The molecule has 0 aromatic carbocycles. The summed E-state index contributed by atoms with van der Waals surface area (Å²) in [5, 5.41) is 2.90. The first-order chi connectivity index (χ1) is 14.2. The molecule has 30 heavy (non-hydrogen) atoms. The van der Waals surface area contributed by atoms with Crippen LogP contribution in [0.1, 0.15) is 6.42 Å². The van der Waals surface area contributed by atoms with Crippen LogP contribution in [0, 0.1) is 0 Å². The van der Waals surface area contributed by atoms with Gasteiger partial charge in [0.1, 0.15) is 30.2 Å². The van der Waals surface area contributed by atoms with Crippen LogP contribution in [0.5, 0.6) is 0 Å². The van der Waals surface area contributed by atoms with Gasteiger partial charge in [-0.25, -0.2) is 19.3 Å². The van der Waals surface area contributed by atoms with Crippen molar-refractivity contribution >= 4 is 34.4 Å². The molecule has 1 aliphatic heterocycles. The van der Waals surface area contributed by atoms with Gasteiger partial charge in [0.25, 0.3) is 0 Å². The van der Waals surface area contributed by atoms with E-state index in [1.54, 1.807) is 12.3 Å². The zero-order valence-corrected chi connectivity index (χ0v) is 16.0. The first kappa shape index (κ1) is 20.3. The summed E-state index contributed by atoms with van der Waals surface area (Å²) >= 11 is 6.01. The fourth-order valence-corrected chi connectivity index (χ4v) is 3.55. The third kappa shape index (κ3) is 4.16. The summed E-state index contributed by atoms with van der Waals surface area (Å²) in [5.74, 6) is -0.396. The summed E-state index contributed by atoms with van der Waals surface area (Å²) in [4.78, 5) is 29.4. The Kier molecular flexibility index (Phi) is 5.22. The summed E-state index contributed by atoms with van der Waals surface area (Å²) in [6, 6.07) is 2.06. The Balaban J connectivity index is 1.63. The number of fused-ring (bicyclic) bond motifs is 1. The summed E-state index contributed by atoms with van der Waals surface area (Å²) in [7, 11) is 0. The normalized spacial score (nSPS) is 19.4. The van der Waals surface area contributed by atoms with Gasteiger partial charge < -0.3 is 15.2 Å². The summed E-state index contributed by atoms with van der Waals surface area (Å²) in [6.07, 6.45) is -1.60. The molecule has 3 aromatic rings. The van der Waals surface area contributed by atoms with Crippen molar-refractivity contribution in [2.24, 2.45) is 0 Å². The van der Waals surface area contributed by atoms with E-state index in [2.05, 4.69) is 19.9 Å². The zero-order valence-electron chi connectivity index (χ0n) is 15.2. The molecule has 1 aliphatic rings. The second kappa shape index (κ2) is 7.71. The average molecular weight is 443 g/mol. The number of aromatic amines is 1. The number of carbonyl (C=O) groups excluding carboxylic acids is 1. The molecule has 1 saturated heterocycles. The lowest BCUT2D eigenvalue weighted by Gasteiger charge is -2.24. The molecule has 4 rings (SSSR count). The summed E-state index contributed by atoms with van der Waals surface area (Å²) in [5.41, 5.74) is 1.16. The molecule has 0 saturated carbocycles. The molecule has 7 nitrogen and oxygen atoms in total. The lowest BCUT2D eigenvalue weighted by molar-refractivity contribution is -0.139. The number of anilines is 1. The van der Waals surface area contributed by atoms with Gasteiger partial charge in [-0.1, -0.05) is 11.6 Å². The number of pyridine rings is 1. The zero-order chi connectivity index (χ0) is 21.5. The Morgan fingerprint density at radius 2 is 2.17 bits per heavy atom. The summed E-state index contributed by atoms with van der Waals surface area (Å²) < 4.78 is 51.3. The van der Waals surface area contributed by atoms with E-state index in [9.17, 15) is 22.4 Å². The molecule has 2 atom stereocenters. The number of nitrogens with one attached hydrogen (secondary N) is 2. The van der Waals surface area contributed by atoms with Gasteiger partial charge in [0.15, 0.2) is 5.82 Å². The van der Waals surface area contributed by atoms with Crippen molar-refractivity contribution in [3.63, 3.8) is 0 Å². The predicted molar refractivity (Wildman–Crippen MR) is 102 cm³/mol. The maximum Gasteiger partial charge on any atom is 0.405 e. The highest BCUT2D eigenvalue weighted by Gasteiger charge is 2.39. The topological polar surface area (TPSA) is 86.8 Å². The third-order valence-corrected chi connectivity index (χ3v) is 4.90. The molecule has 0 bridgehead atoms. The van der Waals surface area contributed by atoms with Gasteiger partial charge in [-0.3, -0.25) is 4.79 Å². The van der Waals surface area contributed by atoms with E-state index >= 15 is 0 Å². The molecule has 12 heteroatoms. The predicted octanol–water partition coefficient (Wildman–Crippen LogP) is 3.27. The highest BCUT2D eigenvalue weighted by molar-refractivity contribution is 6.31. The number of hydrogen-bond donors (Lipinski definition) is 2. The van der Waals surface area contributed by atoms with Crippen LogP contribution in [-0.2, 0) is 4.79 Å². The molecule has 2 N–H and O–H groups in total. The van der Waals surface area contributed by atoms with E-state index in [-0.39, 0.29) is 24.6 Å². The second-order valence-corrected chi connectivity index (χ2v) is 7.26. The van der Waals surface area contributed by atoms with E-state index in [0.29, 0.717) is 21.6 Å². The van der Waals surface area contributed by atoms with Gasteiger partial charge in [-0.05, 0) is 12.1 Å². The van der Waals surface area contributed by atoms with Crippen LogP contribution in [-0.4, -0.2) is 57.3 Å². The van der Waals surface area contributed by atoms with Crippen LogP contribution in [0.3, 0.4) is 0 Å². The number of nitrogens with zero attached hydrogens (tertiary/aromatic N) is 4. The molecule has 158 valence electrons. The van der Waals surface area contributed by atoms with Gasteiger partial charge in [-0.2, -0.15) is 13.2 Å². The molecule has 0 aliphatic carbocycles. The molecule has 1 amide bonds. The van der Waals surface area contributed by atoms with Crippen molar-refractivity contribution in [3.8, 4) is 11.4 Å². The fraction of sp³-hybridized carbons (Fsp3) is 0.333. The largest absolute Gasteiger partial charge is 0.405 e. The fourth-order valence-electron chi connectivity index (χ4n) is 3.39. The number of hydrogen-bond acceptors (Lipinski definition) is 5. The SMILES string of the molecule is O=C(NCC(F)(F)F)[C@H]1C[C@@H](F)CN1c1ccnc(-c2c[nH]c3ncc(Cl)cc23)n1. The van der Waals surface area contributed by atoms with Crippen molar-refractivity contribution < 1.29 is 22.4 Å². The van der Waals surface area contributed by atoms with E-state index in [1.165, 1.54) is 23.4 Å². The average Bonchev–Trinajstić information content (AvgIpc) is 3.29. The molecular weight excluding hydrogens is 428 g/mol. The Morgan fingerprint density at radius 3 is 2.93 bits per heavy atom. The van der Waals surface area contributed by atoms with Gasteiger partial charge in [0.2, 0.25) is 5.91 Å². The van der Waals surface area contributed by atoms with E-state index < -0.39 is 30.8 Å². The molecule has 3 aromatic heterocycles. The van der Waals surface area contributed by atoms with Crippen LogP contribution in [0.4, 0.5) is 23.4 Å². The molecule has 0 spiro atoms. The lowest BCUT2D eigenvalue weighted by Crippen LogP contribution is -2.46. The van der Waals surface area contributed by atoms with Gasteiger partial charge in [-0.15, -0.1) is 0 Å². The number of halogens is 5. The van der Waals surface area contributed by atoms with E-state index in [0.717, 1.165) is 0 Å². The smallest absolute Gasteiger partial charge is 0.345 e. The standard InChI is InChI=1S/C18H15ClF4N6O/c19-9-3-11-12(6-26-15(11)25-5-9)16-24-2-1-14(28-16)29-7-10(20)4-13(29)17(30)27-8-18(21,22)23/h1-3,5-6,10,13H,4,7-8H2,(H,25,26)(H,27,30)/t10-,13-/m1/s1. The highest BCUT2D eigenvalue weighted by atomic mass is 35.5. The Morgan fingerprint density at radius 1 is 1.37 bits per heavy atom. The van der Waals surface area contributed by atoms with Crippen LogP contribution in [0.2, 0.25) is 5.02 Å². The molecule has 4 heterocycles. The van der Waals surface area contributed by atoms with Crippen LogP contribution < -0.4 is 10.2 Å². The number of alkyl halides is 4. The highest BCUT2D eigenvalue weighted by Crippen LogP contribution is 2.30. The minimum atomic E-state index is -4.55. The lowest BCUT2D eigenvalue weighted by atomic mass is 10.2. The van der Waals surface area contributed by atoms with E-state index in [4.69, 9.17) is 11.6 Å². The Bertz CT molecular complexity index is 1090. The van der Waals surface area contributed by atoms with Crippen molar-refractivity contribution in [2.75, 3.05) is 18.0 Å². The Labute approximate surface area is 172 Å². The minimum Gasteiger partial charge on any atom is -0.345 e. The van der Waals surface area contributed by atoms with Crippen LogP contribution in [0.25, 0.3) is 22.4 Å². The second-order valence-electron chi connectivity index (χ2n) is 6.82. The number of H-pyrrole nitrogens is 1. The van der Waals surface area contributed by atoms with Crippen molar-refractivity contribution in [1.29, 1.82) is 0 Å². The van der Waals surface area contributed by atoms with Gasteiger partial charge in [0, 0.05) is 36.0 Å². The number of carbonyl (C=O) groups is 1. The first-order valence-corrected chi connectivity index (χ1v) is 9.30. The maximum atomic E-state index is 14.1. The van der Waals surface area contributed by atoms with E-state index in [1.807, 2.05) is 5.32 Å². The van der Waals surface area contributed by atoms with Gasteiger partial charge >= 0.3 is 6.18 Å². The number of aromatic nitrogens is 4. The quantitative estimate of drug-likeness (QED) is 0.606. The van der Waals surface area contributed by atoms with Crippen molar-refractivity contribution in [1.82, 2.24) is 25.3 Å². The first-order valence-electron chi connectivity index (χ1n) is 8.92. The molecule has 1 fully saturated rings. The third-order valence-electron chi connectivity index (χ3n) is 4.69. The Hall–Kier alpha value is -2.95. The van der Waals surface area contributed by atoms with Crippen LogP contribution in [0.15, 0.2) is 30.7 Å². The molecule has 0 unspecified atom stereocenters. The summed E-state index contributed by atoms with van der Waals surface area (Å²) in [6.45, 7) is -1.65. The monoisotopic (exact) mass is 442 g/mol. The number of rotatable bonds is 4. The van der Waals surface area contributed by atoms with Crippen LogP contribution >= 0.6 is 11.6 Å². The van der Waals surface area contributed by atoms with Crippen molar-refractivity contribution in [3.05, 3.63) is 35.7 Å². The minimum absolute atomic E-state index is 0.165. The molecule has 0 radical (unpaired) electrons. The number of amides is 1. The van der Waals surface area contributed by atoms with Gasteiger partial charge in [0.05, 0.1) is 11.6 Å². The van der Waals surface area contributed by atoms with Crippen molar-refractivity contribution in [2.45, 2.75) is 24.8 Å². The molecular formula is C18H15ClF4N6O.